The van der Waals surface area contributed by atoms with Crippen molar-refractivity contribution in [1.82, 2.24) is 14.9 Å². The summed E-state index contributed by atoms with van der Waals surface area (Å²) in [5.41, 5.74) is 0.925. The summed E-state index contributed by atoms with van der Waals surface area (Å²) < 4.78 is 1.96. The summed E-state index contributed by atoms with van der Waals surface area (Å²) in [6, 6.07) is 4.31. The number of amides is 1. The molecule has 1 amide bonds. The third-order valence-electron chi connectivity index (χ3n) is 3.12. The Bertz CT molecular complexity index is 570. The maximum atomic E-state index is 12.2. The Morgan fingerprint density at radius 1 is 1.47 bits per heavy atom. The zero-order chi connectivity index (χ0) is 13.2. The number of hydrogen-bond donors (Lipinski definition) is 1. The van der Waals surface area contributed by atoms with E-state index in [4.69, 9.17) is 0 Å². The Kier molecular flexibility index (Phi) is 3.38. The lowest BCUT2D eigenvalue weighted by Gasteiger charge is -2.01. The van der Waals surface area contributed by atoms with Crippen molar-refractivity contribution in [3.63, 3.8) is 0 Å². The monoisotopic (exact) mass is 275 g/mol. The maximum Gasteiger partial charge on any atom is 0.263 e. The molecule has 0 saturated heterocycles. The van der Waals surface area contributed by atoms with Crippen LogP contribution in [0.2, 0.25) is 0 Å². The minimum absolute atomic E-state index is 0.0434. The van der Waals surface area contributed by atoms with Gasteiger partial charge in [0.25, 0.3) is 5.91 Å². The lowest BCUT2D eigenvalue weighted by molar-refractivity contribution is 0.0954. The SMILES string of the molecule is CCCc1nc(-n2cccc2)sc1C(=O)NC1CC1. The number of nitrogens with one attached hydrogen (secondary N) is 1. The molecule has 0 bridgehead atoms. The first-order chi connectivity index (χ1) is 9.28. The normalized spacial score (nSPS) is 14.6. The standard InChI is InChI=1S/C14H17N3OS/c1-2-5-11-12(13(18)15-10-6-7-10)19-14(16-11)17-8-3-4-9-17/h3-4,8-10H,2,5-7H2,1H3,(H,15,18). The van der Waals surface area contributed by atoms with Crippen molar-refractivity contribution >= 4 is 17.2 Å². The molecule has 1 saturated carbocycles. The fraction of sp³-hybridized carbons (Fsp3) is 0.429. The van der Waals surface area contributed by atoms with Crippen LogP contribution < -0.4 is 5.32 Å². The Balaban J connectivity index is 1.89. The second-order valence-electron chi connectivity index (χ2n) is 4.86. The van der Waals surface area contributed by atoms with Gasteiger partial charge in [-0.3, -0.25) is 4.79 Å². The fourth-order valence-corrected chi connectivity index (χ4v) is 2.96. The molecule has 100 valence electrons. The summed E-state index contributed by atoms with van der Waals surface area (Å²) in [6.07, 6.45) is 7.98. The van der Waals surface area contributed by atoms with Gasteiger partial charge in [-0.1, -0.05) is 24.7 Å². The van der Waals surface area contributed by atoms with E-state index in [0.717, 1.165) is 41.4 Å². The quantitative estimate of drug-likeness (QED) is 0.912. The molecule has 0 atom stereocenters. The highest BCUT2D eigenvalue weighted by molar-refractivity contribution is 7.16. The molecule has 19 heavy (non-hydrogen) atoms. The Labute approximate surface area is 116 Å². The first-order valence-electron chi connectivity index (χ1n) is 6.72. The predicted molar refractivity (Wildman–Crippen MR) is 75.9 cm³/mol. The van der Waals surface area contributed by atoms with E-state index in [1.807, 2.05) is 29.1 Å². The minimum Gasteiger partial charge on any atom is -0.349 e. The van der Waals surface area contributed by atoms with Gasteiger partial charge in [0.2, 0.25) is 0 Å². The lowest BCUT2D eigenvalue weighted by Crippen LogP contribution is -2.25. The number of thiazole rings is 1. The number of carbonyl (C=O) groups is 1. The van der Waals surface area contributed by atoms with E-state index in [2.05, 4.69) is 17.2 Å². The van der Waals surface area contributed by atoms with E-state index in [1.54, 1.807) is 0 Å². The van der Waals surface area contributed by atoms with E-state index in [1.165, 1.54) is 11.3 Å². The first kappa shape index (κ1) is 12.4. The fourth-order valence-electron chi connectivity index (χ4n) is 1.97. The second kappa shape index (κ2) is 5.17. The van der Waals surface area contributed by atoms with Crippen molar-refractivity contribution in [3.05, 3.63) is 35.1 Å². The Morgan fingerprint density at radius 3 is 2.84 bits per heavy atom. The lowest BCUT2D eigenvalue weighted by atomic mass is 10.2. The third-order valence-corrected chi connectivity index (χ3v) is 4.23. The first-order valence-corrected chi connectivity index (χ1v) is 7.53. The van der Waals surface area contributed by atoms with Gasteiger partial charge >= 0.3 is 0 Å². The van der Waals surface area contributed by atoms with Crippen LogP contribution in [0.25, 0.3) is 5.13 Å². The van der Waals surface area contributed by atoms with E-state index >= 15 is 0 Å². The summed E-state index contributed by atoms with van der Waals surface area (Å²) in [4.78, 5) is 17.6. The van der Waals surface area contributed by atoms with E-state index in [9.17, 15) is 4.79 Å². The van der Waals surface area contributed by atoms with Crippen molar-refractivity contribution in [1.29, 1.82) is 0 Å². The van der Waals surface area contributed by atoms with Gasteiger partial charge in [-0.15, -0.1) is 0 Å². The summed E-state index contributed by atoms with van der Waals surface area (Å²) >= 11 is 1.47. The third kappa shape index (κ3) is 2.71. The number of carbonyl (C=O) groups excluding carboxylic acids is 1. The topological polar surface area (TPSA) is 46.9 Å². The molecule has 1 fully saturated rings. The summed E-state index contributed by atoms with van der Waals surface area (Å²) in [6.45, 7) is 2.11. The van der Waals surface area contributed by atoms with Gasteiger partial charge in [-0.25, -0.2) is 4.98 Å². The van der Waals surface area contributed by atoms with E-state index in [-0.39, 0.29) is 5.91 Å². The highest BCUT2D eigenvalue weighted by Crippen LogP contribution is 2.25. The van der Waals surface area contributed by atoms with Crippen molar-refractivity contribution in [3.8, 4) is 5.13 Å². The molecular weight excluding hydrogens is 258 g/mol. The van der Waals surface area contributed by atoms with Crippen molar-refractivity contribution in [2.45, 2.75) is 38.6 Å². The van der Waals surface area contributed by atoms with E-state index < -0.39 is 0 Å². The highest BCUT2D eigenvalue weighted by atomic mass is 32.1. The average Bonchev–Trinajstić information content (AvgIpc) is 2.93. The molecule has 3 rings (SSSR count). The minimum atomic E-state index is 0.0434. The molecule has 0 aromatic carbocycles. The number of aryl methyl sites for hydroxylation is 1. The summed E-state index contributed by atoms with van der Waals surface area (Å²) in [5, 5.41) is 3.92. The second-order valence-corrected chi connectivity index (χ2v) is 5.84. The van der Waals surface area contributed by atoms with Gasteiger partial charge in [0, 0.05) is 18.4 Å². The molecule has 1 N–H and O–H groups in total. The largest absolute Gasteiger partial charge is 0.349 e. The molecule has 0 radical (unpaired) electrons. The number of nitrogens with zero attached hydrogens (tertiary/aromatic N) is 2. The summed E-state index contributed by atoms with van der Waals surface area (Å²) in [5.74, 6) is 0.0434. The molecule has 4 nitrogen and oxygen atoms in total. The molecular formula is C14H17N3OS. The van der Waals surface area contributed by atoms with Crippen LogP contribution in [0.1, 0.15) is 41.6 Å². The van der Waals surface area contributed by atoms with E-state index in [0.29, 0.717) is 6.04 Å². The van der Waals surface area contributed by atoms with Gasteiger partial charge in [0.15, 0.2) is 5.13 Å². The van der Waals surface area contributed by atoms with Crippen LogP contribution in [0.3, 0.4) is 0 Å². The molecule has 2 heterocycles. The van der Waals surface area contributed by atoms with Gasteiger partial charge in [0.1, 0.15) is 4.88 Å². The number of aromatic nitrogens is 2. The Morgan fingerprint density at radius 2 is 2.21 bits per heavy atom. The van der Waals surface area contributed by atoms with Gasteiger partial charge in [-0.05, 0) is 31.4 Å². The van der Waals surface area contributed by atoms with Gasteiger partial charge in [-0.2, -0.15) is 0 Å². The van der Waals surface area contributed by atoms with Crippen molar-refractivity contribution in [2.75, 3.05) is 0 Å². The van der Waals surface area contributed by atoms with Crippen LogP contribution >= 0.6 is 11.3 Å². The Hall–Kier alpha value is -1.62. The predicted octanol–water partition coefficient (Wildman–Crippen LogP) is 2.78. The number of hydrogen-bond acceptors (Lipinski definition) is 3. The van der Waals surface area contributed by atoms with Crippen LogP contribution in [-0.4, -0.2) is 21.5 Å². The molecule has 0 spiro atoms. The molecule has 0 unspecified atom stereocenters. The molecule has 1 aliphatic rings. The molecule has 5 heteroatoms. The number of rotatable bonds is 5. The molecule has 2 aromatic rings. The molecule has 2 aromatic heterocycles. The van der Waals surface area contributed by atoms with Crippen LogP contribution in [-0.2, 0) is 6.42 Å². The van der Waals surface area contributed by atoms with Crippen LogP contribution in [0, 0.1) is 0 Å². The van der Waals surface area contributed by atoms with Crippen molar-refractivity contribution in [2.24, 2.45) is 0 Å². The smallest absolute Gasteiger partial charge is 0.263 e. The van der Waals surface area contributed by atoms with Gasteiger partial charge in [0.05, 0.1) is 5.69 Å². The summed E-state index contributed by atoms with van der Waals surface area (Å²) in [7, 11) is 0. The van der Waals surface area contributed by atoms with Crippen LogP contribution in [0.15, 0.2) is 24.5 Å². The maximum absolute atomic E-state index is 12.2. The van der Waals surface area contributed by atoms with Crippen LogP contribution in [0.5, 0.6) is 0 Å². The molecule has 1 aliphatic carbocycles. The molecule has 0 aliphatic heterocycles. The van der Waals surface area contributed by atoms with Gasteiger partial charge < -0.3 is 9.88 Å². The zero-order valence-corrected chi connectivity index (χ0v) is 11.7. The average molecular weight is 275 g/mol. The highest BCUT2D eigenvalue weighted by Gasteiger charge is 2.26. The van der Waals surface area contributed by atoms with Crippen LogP contribution in [0.4, 0.5) is 0 Å². The van der Waals surface area contributed by atoms with Crippen molar-refractivity contribution < 1.29 is 4.79 Å². The zero-order valence-electron chi connectivity index (χ0n) is 10.9.